The molecule has 2 aliphatic rings. The van der Waals surface area contributed by atoms with Gasteiger partial charge < -0.3 is 9.80 Å². The minimum Gasteiger partial charge on any atom is -0.328 e. The Morgan fingerprint density at radius 3 is 2.69 bits per heavy atom. The average Bonchev–Trinajstić information content (AvgIpc) is 2.59. The van der Waals surface area contributed by atoms with Crippen LogP contribution in [0.1, 0.15) is 6.42 Å². The van der Waals surface area contributed by atoms with Crippen molar-refractivity contribution in [3.8, 4) is 0 Å². The highest BCUT2D eigenvalue weighted by atomic mass is 35.5. The largest absolute Gasteiger partial charge is 0.328 e. The van der Waals surface area contributed by atoms with Crippen molar-refractivity contribution >= 4 is 28.8 Å². The van der Waals surface area contributed by atoms with Crippen LogP contribution in [0.3, 0.4) is 0 Å². The van der Waals surface area contributed by atoms with Gasteiger partial charge in [0.1, 0.15) is 10.9 Å². The number of para-hydroxylation sites is 2. The molecule has 0 bridgehead atoms. The van der Waals surface area contributed by atoms with Crippen LogP contribution in [0.25, 0.3) is 0 Å². The maximum Gasteiger partial charge on any atom is 0.179 e. The molecule has 3 rings (SSSR count). The number of fused-ring (bicyclic) bond motifs is 3. The number of Topliss-reactive ketones (excluding diaryl/α,β-unsaturated/α-hetero) is 1. The zero-order chi connectivity index (χ0) is 11.3. The second kappa shape index (κ2) is 3.25. The van der Waals surface area contributed by atoms with Gasteiger partial charge in [-0.3, -0.25) is 4.79 Å². The molecule has 0 spiro atoms. The topological polar surface area (TPSA) is 23.6 Å². The fourth-order valence-electron chi connectivity index (χ4n) is 2.33. The van der Waals surface area contributed by atoms with Gasteiger partial charge in [-0.25, -0.2) is 0 Å². The van der Waals surface area contributed by atoms with Crippen molar-refractivity contribution in [1.29, 1.82) is 0 Å². The van der Waals surface area contributed by atoms with Gasteiger partial charge >= 0.3 is 0 Å². The third-order valence-electron chi connectivity index (χ3n) is 3.11. The van der Waals surface area contributed by atoms with Gasteiger partial charge in [0.05, 0.1) is 11.4 Å². The van der Waals surface area contributed by atoms with E-state index in [1.54, 1.807) is 0 Å². The maximum absolute atomic E-state index is 11.6. The normalized spacial score (nSPS) is 19.0. The molecule has 82 valence electrons. The average molecular weight is 235 g/mol. The van der Waals surface area contributed by atoms with Crippen LogP contribution in [-0.4, -0.2) is 19.4 Å². The molecule has 1 aromatic rings. The fraction of sp³-hybridized carbons (Fsp3) is 0.250. The van der Waals surface area contributed by atoms with Gasteiger partial charge in [0.15, 0.2) is 5.78 Å². The zero-order valence-electron chi connectivity index (χ0n) is 8.90. The molecule has 3 nitrogen and oxygen atoms in total. The smallest absolute Gasteiger partial charge is 0.179 e. The Morgan fingerprint density at radius 2 is 1.94 bits per heavy atom. The number of allylic oxidation sites excluding steroid dienone is 1. The molecule has 0 radical (unpaired) electrons. The third-order valence-corrected chi connectivity index (χ3v) is 3.49. The monoisotopic (exact) mass is 234 g/mol. The van der Waals surface area contributed by atoms with E-state index < -0.39 is 0 Å². The molecule has 0 saturated heterocycles. The van der Waals surface area contributed by atoms with E-state index in [2.05, 4.69) is 11.0 Å². The first-order valence-electron chi connectivity index (χ1n) is 5.23. The Balaban J connectivity index is 2.22. The number of anilines is 2. The number of hydrogen-bond donors (Lipinski definition) is 0. The zero-order valence-corrected chi connectivity index (χ0v) is 9.66. The highest BCUT2D eigenvalue weighted by Gasteiger charge is 2.35. The van der Waals surface area contributed by atoms with Crippen molar-refractivity contribution in [2.24, 2.45) is 0 Å². The molecule has 0 aliphatic carbocycles. The third kappa shape index (κ3) is 1.12. The van der Waals surface area contributed by atoms with Gasteiger partial charge in [0.2, 0.25) is 0 Å². The first-order chi connectivity index (χ1) is 7.70. The summed E-state index contributed by atoms with van der Waals surface area (Å²) >= 11 is 6.10. The van der Waals surface area contributed by atoms with Crippen molar-refractivity contribution in [2.45, 2.75) is 6.42 Å². The molecule has 0 fully saturated rings. The van der Waals surface area contributed by atoms with Crippen LogP contribution >= 0.6 is 11.6 Å². The van der Waals surface area contributed by atoms with Gasteiger partial charge in [0.25, 0.3) is 0 Å². The minimum atomic E-state index is 0.0348. The lowest BCUT2D eigenvalue weighted by molar-refractivity contribution is -0.115. The van der Waals surface area contributed by atoms with E-state index in [0.29, 0.717) is 18.0 Å². The summed E-state index contributed by atoms with van der Waals surface area (Å²) in [5.74, 6) is 0.853. The summed E-state index contributed by atoms with van der Waals surface area (Å²) in [4.78, 5) is 15.7. The highest BCUT2D eigenvalue weighted by molar-refractivity contribution is 6.43. The molecule has 0 atom stereocenters. The number of hydrogen-bond acceptors (Lipinski definition) is 3. The SMILES string of the molecule is CN1C2=C(Cl)C(=O)CCN2c2ccccc21. The van der Waals surface area contributed by atoms with Crippen molar-refractivity contribution in [2.75, 3.05) is 23.4 Å². The number of rotatable bonds is 0. The Kier molecular flexibility index (Phi) is 1.98. The predicted molar refractivity (Wildman–Crippen MR) is 64.7 cm³/mol. The molecule has 2 heterocycles. The molecule has 0 saturated carbocycles. The van der Waals surface area contributed by atoms with Crippen molar-refractivity contribution in [3.63, 3.8) is 0 Å². The molecule has 4 heteroatoms. The number of ketones is 1. The first-order valence-corrected chi connectivity index (χ1v) is 5.61. The standard InChI is InChI=1S/C12H11ClN2O/c1-14-8-4-2-3-5-9(8)15-7-6-10(16)11(13)12(14)15/h2-5H,6-7H2,1H3. The molecule has 0 unspecified atom stereocenters. The van der Waals surface area contributed by atoms with Gasteiger partial charge in [-0.2, -0.15) is 0 Å². The van der Waals surface area contributed by atoms with Gasteiger partial charge in [-0.1, -0.05) is 23.7 Å². The first kappa shape index (κ1) is 9.73. The van der Waals surface area contributed by atoms with E-state index in [-0.39, 0.29) is 5.78 Å². The summed E-state index contributed by atoms with van der Waals surface area (Å²) in [6.07, 6.45) is 0.491. The Bertz CT molecular complexity index is 509. The van der Waals surface area contributed by atoms with Crippen molar-refractivity contribution in [1.82, 2.24) is 0 Å². The predicted octanol–water partition coefficient (Wildman–Crippen LogP) is 2.32. The van der Waals surface area contributed by atoms with E-state index >= 15 is 0 Å². The quantitative estimate of drug-likeness (QED) is 0.688. The van der Waals surface area contributed by atoms with Crippen LogP contribution in [0.15, 0.2) is 35.1 Å². The molecular weight excluding hydrogens is 224 g/mol. The van der Waals surface area contributed by atoms with Gasteiger partial charge in [-0.15, -0.1) is 0 Å². The summed E-state index contributed by atoms with van der Waals surface area (Å²) in [7, 11) is 1.94. The number of benzene rings is 1. The Hall–Kier alpha value is -1.48. The van der Waals surface area contributed by atoms with E-state index in [9.17, 15) is 4.79 Å². The summed E-state index contributed by atoms with van der Waals surface area (Å²) in [5.41, 5.74) is 2.23. The maximum atomic E-state index is 11.6. The van der Waals surface area contributed by atoms with Crippen molar-refractivity contribution in [3.05, 3.63) is 35.1 Å². The molecular formula is C12H11ClN2O. The lowest BCUT2D eigenvalue weighted by Crippen LogP contribution is -2.34. The second-order valence-corrected chi connectivity index (χ2v) is 4.39. The van der Waals surface area contributed by atoms with Crippen LogP contribution in [0, 0.1) is 0 Å². The Morgan fingerprint density at radius 1 is 1.25 bits per heavy atom. The molecule has 0 aromatic heterocycles. The second-order valence-electron chi connectivity index (χ2n) is 4.01. The lowest BCUT2D eigenvalue weighted by Gasteiger charge is -2.27. The van der Waals surface area contributed by atoms with E-state index in [4.69, 9.17) is 11.6 Å². The van der Waals surface area contributed by atoms with E-state index in [0.717, 1.165) is 17.2 Å². The summed E-state index contributed by atoms with van der Waals surface area (Å²) < 4.78 is 0. The van der Waals surface area contributed by atoms with Crippen LogP contribution in [-0.2, 0) is 4.79 Å². The Labute approximate surface area is 98.9 Å². The molecule has 1 aromatic carbocycles. The number of carbonyl (C=O) groups is 1. The molecule has 0 amide bonds. The number of halogens is 1. The number of carbonyl (C=O) groups excluding carboxylic acids is 1. The summed E-state index contributed by atoms with van der Waals surface area (Å²) in [5, 5.41) is 0.352. The lowest BCUT2D eigenvalue weighted by atomic mass is 10.2. The van der Waals surface area contributed by atoms with Crippen LogP contribution in [0.5, 0.6) is 0 Å². The summed E-state index contributed by atoms with van der Waals surface area (Å²) in [6, 6.07) is 8.08. The van der Waals surface area contributed by atoms with Crippen LogP contribution in [0.4, 0.5) is 11.4 Å². The van der Waals surface area contributed by atoms with E-state index in [1.165, 1.54) is 0 Å². The highest BCUT2D eigenvalue weighted by Crippen LogP contribution is 2.43. The van der Waals surface area contributed by atoms with Crippen molar-refractivity contribution < 1.29 is 4.79 Å². The molecule has 2 aliphatic heterocycles. The van der Waals surface area contributed by atoms with Crippen LogP contribution in [0.2, 0.25) is 0 Å². The minimum absolute atomic E-state index is 0.0348. The van der Waals surface area contributed by atoms with Gasteiger partial charge in [-0.05, 0) is 12.1 Å². The molecule has 16 heavy (non-hydrogen) atoms. The molecule has 0 N–H and O–H groups in total. The number of nitrogens with zero attached hydrogens (tertiary/aromatic N) is 2. The van der Waals surface area contributed by atoms with Crippen LogP contribution < -0.4 is 9.80 Å². The fourth-order valence-corrected chi connectivity index (χ4v) is 2.65. The summed E-state index contributed by atoms with van der Waals surface area (Å²) in [6.45, 7) is 0.714. The van der Waals surface area contributed by atoms with Gasteiger partial charge in [0, 0.05) is 20.0 Å². The van der Waals surface area contributed by atoms with E-state index in [1.807, 2.05) is 30.1 Å².